The molecule has 9 aromatic rings. The maximum Gasteiger partial charge on any atom is 0.228 e. The molecule has 0 radical (unpaired) electrons. The first-order valence-electron chi connectivity index (χ1n) is 14.2. The molecule has 6 aromatic carbocycles. The number of para-hydroxylation sites is 1. The quantitative estimate of drug-likeness (QED) is 0.205. The number of pyridine rings is 1. The average molecular weight is 551 g/mol. The summed E-state index contributed by atoms with van der Waals surface area (Å²) in [5.74, 6) is 1.81. The van der Waals surface area contributed by atoms with Crippen molar-refractivity contribution >= 4 is 54.4 Å². The number of rotatable bonds is 3. The summed E-state index contributed by atoms with van der Waals surface area (Å²) >= 11 is 0. The number of nitrogens with zero attached hydrogens (tertiary/aromatic N) is 4. The molecule has 3 aromatic heterocycles. The maximum atomic E-state index is 6.10. The minimum Gasteiger partial charge on any atom is -0.438 e. The molecule has 0 aliphatic rings. The van der Waals surface area contributed by atoms with E-state index < -0.39 is 0 Å². The molecule has 200 valence electrons. The highest BCUT2D eigenvalue weighted by Crippen LogP contribution is 2.39. The van der Waals surface area contributed by atoms with Crippen LogP contribution in [0, 0.1) is 0 Å². The Morgan fingerprint density at radius 3 is 1.98 bits per heavy atom. The van der Waals surface area contributed by atoms with E-state index >= 15 is 0 Å². The Labute approximate surface area is 246 Å². The van der Waals surface area contributed by atoms with Crippen LogP contribution in [0.4, 0.5) is 0 Å². The number of aromatic nitrogens is 4. The van der Waals surface area contributed by atoms with Gasteiger partial charge in [-0.2, -0.15) is 0 Å². The monoisotopic (exact) mass is 550 g/mol. The van der Waals surface area contributed by atoms with E-state index in [4.69, 9.17) is 19.4 Å². The Balaban J connectivity index is 1.37. The fraction of sp³-hybridized carbons (Fsp3) is 0. The van der Waals surface area contributed by atoms with Crippen molar-refractivity contribution in [3.63, 3.8) is 0 Å². The Morgan fingerprint density at radius 2 is 1.09 bits per heavy atom. The summed E-state index contributed by atoms with van der Waals surface area (Å²) in [5.41, 5.74) is 4.08. The zero-order chi connectivity index (χ0) is 28.3. The normalized spacial score (nSPS) is 11.7. The lowest BCUT2D eigenvalue weighted by Gasteiger charge is -2.13. The molecule has 0 aliphatic carbocycles. The summed E-state index contributed by atoms with van der Waals surface area (Å²) in [6.07, 6.45) is 1.75. The molecule has 0 fully saturated rings. The molecule has 3 heterocycles. The van der Waals surface area contributed by atoms with Gasteiger partial charge in [0.1, 0.15) is 5.58 Å². The van der Waals surface area contributed by atoms with Crippen molar-refractivity contribution in [3.8, 4) is 34.2 Å². The van der Waals surface area contributed by atoms with Crippen LogP contribution in [-0.2, 0) is 0 Å². The third kappa shape index (κ3) is 3.72. The first-order valence-corrected chi connectivity index (χ1v) is 14.2. The molecular formula is C38H22N4O. The summed E-state index contributed by atoms with van der Waals surface area (Å²) < 4.78 is 6.10. The van der Waals surface area contributed by atoms with Crippen LogP contribution in [0.15, 0.2) is 138 Å². The highest BCUT2D eigenvalue weighted by molar-refractivity contribution is 6.20. The number of benzene rings is 6. The van der Waals surface area contributed by atoms with Crippen molar-refractivity contribution in [1.82, 2.24) is 19.9 Å². The van der Waals surface area contributed by atoms with Crippen LogP contribution in [-0.4, -0.2) is 19.9 Å². The molecule has 43 heavy (non-hydrogen) atoms. The molecule has 0 N–H and O–H groups in total. The van der Waals surface area contributed by atoms with Crippen molar-refractivity contribution in [2.24, 2.45) is 0 Å². The average Bonchev–Trinajstić information content (AvgIpc) is 3.47. The number of hydrogen-bond donors (Lipinski definition) is 0. The molecule has 0 atom stereocenters. The second kappa shape index (κ2) is 9.29. The Kier molecular flexibility index (Phi) is 5.13. The first kappa shape index (κ1) is 23.7. The fourth-order valence-electron chi connectivity index (χ4n) is 6.23. The Hall–Kier alpha value is -5.94. The predicted octanol–water partition coefficient (Wildman–Crippen LogP) is 9.63. The van der Waals surface area contributed by atoms with E-state index in [9.17, 15) is 0 Å². The van der Waals surface area contributed by atoms with Gasteiger partial charge in [-0.25, -0.2) is 19.9 Å². The fourth-order valence-corrected chi connectivity index (χ4v) is 6.23. The molecule has 5 nitrogen and oxygen atoms in total. The minimum absolute atomic E-state index is 0.560. The van der Waals surface area contributed by atoms with Gasteiger partial charge in [0, 0.05) is 33.7 Å². The van der Waals surface area contributed by atoms with Gasteiger partial charge in [0.15, 0.2) is 17.5 Å². The zero-order valence-electron chi connectivity index (χ0n) is 22.9. The summed E-state index contributed by atoms with van der Waals surface area (Å²) in [5, 5.41) is 8.94. The zero-order valence-corrected chi connectivity index (χ0v) is 22.9. The van der Waals surface area contributed by atoms with Gasteiger partial charge < -0.3 is 4.42 Å². The van der Waals surface area contributed by atoms with Crippen LogP contribution in [0.3, 0.4) is 0 Å². The number of furan rings is 1. The SMILES string of the molecule is c1ccc(-c2nc(-c3cccc4ccc5c6ccccc6ccc5c34)nc(-c3ccnc4oc5ccccc5c34)n2)cc1. The predicted molar refractivity (Wildman–Crippen MR) is 174 cm³/mol. The minimum atomic E-state index is 0.560. The second-order valence-corrected chi connectivity index (χ2v) is 10.7. The summed E-state index contributed by atoms with van der Waals surface area (Å²) in [4.78, 5) is 19.8. The lowest BCUT2D eigenvalue weighted by molar-refractivity contribution is 0.654. The van der Waals surface area contributed by atoms with E-state index in [2.05, 4.69) is 71.7 Å². The van der Waals surface area contributed by atoms with Crippen molar-refractivity contribution < 1.29 is 4.42 Å². The lowest BCUT2D eigenvalue weighted by Crippen LogP contribution is -2.01. The van der Waals surface area contributed by atoms with Gasteiger partial charge in [-0.3, -0.25) is 0 Å². The van der Waals surface area contributed by atoms with Crippen LogP contribution >= 0.6 is 0 Å². The standard InChI is InChI=1S/C38H22N4O/c1-2-10-25(11-3-1)35-40-36(42-37(41-35)31-21-22-39-38-34(31)29-14-6-7-16-32(29)43-38)30-15-8-12-24-18-19-27-26-13-5-4-9-23(26)17-20-28(27)33(24)30/h1-22H. The van der Waals surface area contributed by atoms with E-state index in [1.165, 1.54) is 21.5 Å². The van der Waals surface area contributed by atoms with E-state index in [0.29, 0.717) is 23.2 Å². The smallest absolute Gasteiger partial charge is 0.228 e. The Morgan fingerprint density at radius 1 is 0.419 bits per heavy atom. The van der Waals surface area contributed by atoms with Gasteiger partial charge >= 0.3 is 0 Å². The van der Waals surface area contributed by atoms with Gasteiger partial charge in [-0.1, -0.05) is 115 Å². The molecule has 9 rings (SSSR count). The summed E-state index contributed by atoms with van der Waals surface area (Å²) in [6.45, 7) is 0. The molecule has 0 spiro atoms. The van der Waals surface area contributed by atoms with Crippen LogP contribution in [0.1, 0.15) is 0 Å². The molecule has 0 saturated carbocycles. The van der Waals surface area contributed by atoms with E-state index in [1.807, 2.05) is 60.7 Å². The highest BCUT2D eigenvalue weighted by atomic mass is 16.3. The van der Waals surface area contributed by atoms with Gasteiger partial charge in [-0.15, -0.1) is 0 Å². The summed E-state index contributed by atoms with van der Waals surface area (Å²) in [7, 11) is 0. The van der Waals surface area contributed by atoms with E-state index in [1.54, 1.807) is 6.20 Å². The molecule has 0 aliphatic heterocycles. The van der Waals surface area contributed by atoms with Gasteiger partial charge in [0.25, 0.3) is 0 Å². The van der Waals surface area contributed by atoms with Crippen LogP contribution < -0.4 is 0 Å². The second-order valence-electron chi connectivity index (χ2n) is 10.7. The molecule has 0 saturated heterocycles. The van der Waals surface area contributed by atoms with Crippen LogP contribution in [0.25, 0.3) is 88.5 Å². The van der Waals surface area contributed by atoms with Crippen molar-refractivity contribution in [3.05, 3.63) is 134 Å². The van der Waals surface area contributed by atoms with Crippen LogP contribution in [0.5, 0.6) is 0 Å². The lowest BCUT2D eigenvalue weighted by atomic mass is 9.94. The van der Waals surface area contributed by atoms with Gasteiger partial charge in [0.2, 0.25) is 5.71 Å². The Bertz CT molecular complexity index is 2520. The largest absolute Gasteiger partial charge is 0.438 e. The van der Waals surface area contributed by atoms with Gasteiger partial charge in [0.05, 0.1) is 5.39 Å². The molecule has 0 bridgehead atoms. The topological polar surface area (TPSA) is 64.7 Å². The van der Waals surface area contributed by atoms with Crippen LogP contribution in [0.2, 0.25) is 0 Å². The van der Waals surface area contributed by atoms with Gasteiger partial charge in [-0.05, 0) is 39.1 Å². The van der Waals surface area contributed by atoms with E-state index in [-0.39, 0.29) is 0 Å². The van der Waals surface area contributed by atoms with Crippen molar-refractivity contribution in [2.75, 3.05) is 0 Å². The number of fused-ring (bicyclic) bond motifs is 8. The number of hydrogen-bond acceptors (Lipinski definition) is 5. The third-order valence-corrected chi connectivity index (χ3v) is 8.19. The third-order valence-electron chi connectivity index (χ3n) is 8.19. The van der Waals surface area contributed by atoms with Crippen molar-refractivity contribution in [2.45, 2.75) is 0 Å². The molecule has 0 unspecified atom stereocenters. The highest BCUT2D eigenvalue weighted by Gasteiger charge is 2.19. The molecule has 5 heteroatoms. The maximum absolute atomic E-state index is 6.10. The van der Waals surface area contributed by atoms with Crippen molar-refractivity contribution in [1.29, 1.82) is 0 Å². The summed E-state index contributed by atoms with van der Waals surface area (Å²) in [6, 6.07) is 43.7. The van der Waals surface area contributed by atoms with E-state index in [0.717, 1.165) is 43.8 Å². The first-order chi connectivity index (χ1) is 21.3. The molecular weight excluding hydrogens is 528 g/mol. The molecule has 0 amide bonds.